The molecule has 12 rings (SSSR count). The number of ether oxygens (including phenoxy) is 1. The fourth-order valence-corrected chi connectivity index (χ4v) is 13.4. The highest BCUT2D eigenvalue weighted by Gasteiger charge is 2.42. The fraction of sp³-hybridized carbons (Fsp3) is 0.509. The van der Waals surface area contributed by atoms with Gasteiger partial charge < -0.3 is 34.8 Å². The molecule has 3 aromatic carbocycles. The number of halogens is 3. The monoisotopic (exact) mass is 1020 g/mol. The van der Waals surface area contributed by atoms with Gasteiger partial charge in [-0.15, -0.1) is 6.42 Å². The van der Waals surface area contributed by atoms with E-state index in [2.05, 4.69) is 52.2 Å². The van der Waals surface area contributed by atoms with Gasteiger partial charge in [0.15, 0.2) is 5.82 Å². The van der Waals surface area contributed by atoms with Crippen LogP contribution in [0.4, 0.5) is 24.7 Å². The lowest BCUT2D eigenvalue weighted by Gasteiger charge is -2.41. The number of benzene rings is 3. The summed E-state index contributed by atoms with van der Waals surface area (Å²) in [6.45, 7) is 8.45. The normalized spacial score (nSPS) is 23.8. The van der Waals surface area contributed by atoms with Crippen molar-refractivity contribution < 1.29 is 37.4 Å². The minimum Gasteiger partial charge on any atom is -0.508 e. The molecule has 6 fully saturated rings. The highest BCUT2D eigenvalue weighted by atomic mass is 19.1. The summed E-state index contributed by atoms with van der Waals surface area (Å²) in [5, 5.41) is 17.8. The number of nitrogens with one attached hydrogen (secondary N) is 2. The van der Waals surface area contributed by atoms with E-state index in [0.717, 1.165) is 82.5 Å². The predicted molar refractivity (Wildman–Crippen MR) is 278 cm³/mol. The van der Waals surface area contributed by atoms with Crippen molar-refractivity contribution >= 4 is 50.9 Å². The molecule has 2 aromatic heterocycles. The maximum absolute atomic E-state index is 17.0. The zero-order valence-electron chi connectivity index (χ0n) is 42.1. The average molecular weight is 1030 g/mol. The number of phenols is 1. The molecule has 3 amide bonds. The summed E-state index contributed by atoms with van der Waals surface area (Å²) in [6.07, 6.45) is 15.5. The number of hydrogen-bond acceptors (Lipinski definition) is 13. The Labute approximate surface area is 434 Å². The Morgan fingerprint density at radius 2 is 1.61 bits per heavy atom. The van der Waals surface area contributed by atoms with Crippen molar-refractivity contribution in [1.29, 1.82) is 0 Å². The van der Waals surface area contributed by atoms with E-state index in [1.54, 1.807) is 4.90 Å². The number of amides is 3. The van der Waals surface area contributed by atoms with Crippen LogP contribution in [0.2, 0.25) is 0 Å². The number of phenolic OH excluding ortho intramolecular Hbond substituents is 1. The molecule has 7 aliphatic heterocycles. The van der Waals surface area contributed by atoms with Gasteiger partial charge in [-0.3, -0.25) is 29.6 Å². The number of carbonyl (C=O) groups is 3. The number of nitrogens with zero attached hydrogens (tertiary/aromatic N) is 8. The highest BCUT2D eigenvalue weighted by Crippen LogP contribution is 2.41. The zero-order chi connectivity index (χ0) is 51.5. The number of alkyl halides is 1. The maximum atomic E-state index is 17.0. The number of terminal acetylenes is 1. The van der Waals surface area contributed by atoms with Crippen molar-refractivity contribution in [2.24, 2.45) is 11.8 Å². The number of piperidine rings is 4. The quantitative estimate of drug-likeness (QED) is 0.0895. The standard InChI is InChI=1S/C57H63F3N10O5/c1-2-40-45(58)9-6-36-26-39(71)27-42(49(36)40)51-50(59)52-43(29-61-51)53(69-31-37-7-8-38(32-69)62-37)65-56(64-52)75-25-24-66-22-16-57(60,17-23-66)28-34-12-18-67(19-13-34)30-35-14-20-68(21-15-35)46-5-3-4-41-44(46)33-70(55(41)74)47-10-11-48(72)63-54(47)73/h1,3-6,9,26-27,29,34-35,37-38,47,62,71H,7-8,10-25,28,30-33H2,(H,63,72,73). The number of aromatic nitrogens is 3. The van der Waals surface area contributed by atoms with Crippen molar-refractivity contribution in [1.82, 2.24) is 40.3 Å². The number of anilines is 2. The van der Waals surface area contributed by atoms with Gasteiger partial charge in [-0.2, -0.15) is 9.97 Å². The Kier molecular flexibility index (Phi) is 13.3. The van der Waals surface area contributed by atoms with Gasteiger partial charge in [0.2, 0.25) is 11.8 Å². The second kappa shape index (κ2) is 20.2. The first-order chi connectivity index (χ1) is 36.4. The maximum Gasteiger partial charge on any atom is 0.319 e. The summed E-state index contributed by atoms with van der Waals surface area (Å²) in [6, 6.07) is 11.3. The SMILES string of the molecule is C#Cc1c(F)ccc2cc(O)cc(-c3ncc4c(N5CC6CCC(C5)N6)nc(OCCN5CCC(F)(CC6CCN(CC7CCN(c8cccc9c8CN(C8CCC(=O)NC8=O)C9=O)CC7)CC6)CC5)nc4c3F)c12. The van der Waals surface area contributed by atoms with Gasteiger partial charge in [-0.05, 0) is 125 Å². The molecule has 2 bridgehead atoms. The Bertz CT molecular complexity index is 3100. The molecule has 18 heteroatoms. The number of aromatic hydroxyl groups is 1. The molecule has 0 radical (unpaired) electrons. The Morgan fingerprint density at radius 3 is 2.36 bits per heavy atom. The van der Waals surface area contributed by atoms with Crippen molar-refractivity contribution in [3.63, 3.8) is 0 Å². The van der Waals surface area contributed by atoms with E-state index in [1.165, 1.54) is 30.5 Å². The van der Waals surface area contributed by atoms with Crippen LogP contribution in [0.5, 0.6) is 11.8 Å². The van der Waals surface area contributed by atoms with Gasteiger partial charge in [0.05, 0.1) is 10.9 Å². The van der Waals surface area contributed by atoms with Crippen LogP contribution in [0.3, 0.4) is 0 Å². The summed E-state index contributed by atoms with van der Waals surface area (Å²) >= 11 is 0. The number of rotatable bonds is 12. The molecule has 0 saturated carbocycles. The van der Waals surface area contributed by atoms with Crippen LogP contribution in [0.1, 0.15) is 92.1 Å². The van der Waals surface area contributed by atoms with E-state index in [-0.39, 0.29) is 76.4 Å². The molecular formula is C57H63F3N10O5. The Balaban J connectivity index is 0.633. The smallest absolute Gasteiger partial charge is 0.319 e. The minimum absolute atomic E-state index is 0.0109. The molecule has 9 heterocycles. The first-order valence-corrected chi connectivity index (χ1v) is 26.9. The fourth-order valence-electron chi connectivity index (χ4n) is 13.4. The number of likely N-dealkylation sites (tertiary alicyclic amines) is 2. The molecule has 392 valence electrons. The third-order valence-electron chi connectivity index (χ3n) is 17.4. The first kappa shape index (κ1) is 49.3. The molecule has 3 N–H and O–H groups in total. The average Bonchev–Trinajstić information content (AvgIpc) is 3.94. The second-order valence-corrected chi connectivity index (χ2v) is 22.1. The van der Waals surface area contributed by atoms with E-state index in [9.17, 15) is 19.5 Å². The topological polar surface area (TPSA) is 160 Å². The predicted octanol–water partition coefficient (Wildman–Crippen LogP) is 6.71. The molecule has 0 spiro atoms. The third-order valence-corrected chi connectivity index (χ3v) is 17.4. The second-order valence-electron chi connectivity index (χ2n) is 22.1. The van der Waals surface area contributed by atoms with Crippen LogP contribution in [-0.4, -0.2) is 148 Å². The van der Waals surface area contributed by atoms with Crippen LogP contribution < -0.4 is 25.2 Å². The van der Waals surface area contributed by atoms with Crippen molar-refractivity contribution in [3.8, 4) is 35.4 Å². The van der Waals surface area contributed by atoms with Crippen LogP contribution in [0, 0.1) is 35.8 Å². The largest absolute Gasteiger partial charge is 0.508 e. The number of carbonyl (C=O) groups excluding carboxylic acids is 3. The highest BCUT2D eigenvalue weighted by molar-refractivity contribution is 6.06. The van der Waals surface area contributed by atoms with Gasteiger partial charge in [-0.1, -0.05) is 18.1 Å². The van der Waals surface area contributed by atoms with Crippen LogP contribution in [-0.2, 0) is 16.1 Å². The number of hydrogen-bond donors (Lipinski definition) is 3. The molecule has 3 unspecified atom stereocenters. The first-order valence-electron chi connectivity index (χ1n) is 26.9. The van der Waals surface area contributed by atoms with Crippen LogP contribution in [0.25, 0.3) is 32.9 Å². The number of fused-ring (bicyclic) bond motifs is 5. The molecule has 15 nitrogen and oxygen atoms in total. The molecule has 7 aliphatic rings. The molecule has 0 aliphatic carbocycles. The van der Waals surface area contributed by atoms with E-state index >= 15 is 13.2 Å². The van der Waals surface area contributed by atoms with E-state index in [1.807, 2.05) is 12.1 Å². The Morgan fingerprint density at radius 1 is 0.853 bits per heavy atom. The van der Waals surface area contributed by atoms with Gasteiger partial charge in [0, 0.05) is 111 Å². The third kappa shape index (κ3) is 9.72. The minimum atomic E-state index is -1.21. The van der Waals surface area contributed by atoms with Crippen LogP contribution >= 0.6 is 0 Å². The Hall–Kier alpha value is -6.55. The van der Waals surface area contributed by atoms with E-state index in [0.29, 0.717) is 98.9 Å². The molecule has 5 aromatic rings. The molecule has 75 heavy (non-hydrogen) atoms. The summed E-state index contributed by atoms with van der Waals surface area (Å²) in [7, 11) is 0. The lowest BCUT2D eigenvalue weighted by molar-refractivity contribution is -0.136. The summed E-state index contributed by atoms with van der Waals surface area (Å²) in [5.41, 5.74) is 1.39. The van der Waals surface area contributed by atoms with Crippen LogP contribution in [0.15, 0.2) is 48.7 Å². The van der Waals surface area contributed by atoms with Gasteiger partial charge in [0.25, 0.3) is 5.91 Å². The van der Waals surface area contributed by atoms with Gasteiger partial charge in [-0.25, -0.2) is 13.2 Å². The van der Waals surface area contributed by atoms with Crippen molar-refractivity contribution in [3.05, 3.63) is 77.0 Å². The zero-order valence-corrected chi connectivity index (χ0v) is 42.1. The van der Waals surface area contributed by atoms with Crippen molar-refractivity contribution in [2.45, 2.75) is 101 Å². The van der Waals surface area contributed by atoms with Gasteiger partial charge in [0.1, 0.15) is 46.9 Å². The summed E-state index contributed by atoms with van der Waals surface area (Å²) < 4.78 is 54.9. The molecule has 3 atom stereocenters. The summed E-state index contributed by atoms with van der Waals surface area (Å²) in [4.78, 5) is 62.7. The summed E-state index contributed by atoms with van der Waals surface area (Å²) in [5.74, 6) is 1.42. The van der Waals surface area contributed by atoms with Gasteiger partial charge >= 0.3 is 6.01 Å². The molecular weight excluding hydrogens is 962 g/mol. The lowest BCUT2D eigenvalue weighted by Crippen LogP contribution is -2.52. The number of pyridine rings is 1. The lowest BCUT2D eigenvalue weighted by atomic mass is 9.80. The molecule has 6 saturated heterocycles. The van der Waals surface area contributed by atoms with Crippen molar-refractivity contribution in [2.75, 3.05) is 81.9 Å². The van der Waals surface area contributed by atoms with E-state index in [4.69, 9.17) is 16.1 Å². The number of imide groups is 1. The van der Waals surface area contributed by atoms with E-state index < -0.39 is 29.3 Å². The number of piperazine rings is 1.